The van der Waals surface area contributed by atoms with Gasteiger partial charge >= 0.3 is 0 Å². The molecule has 0 fully saturated rings. The molecule has 0 amide bonds. The number of nitrogens with zero attached hydrogens (tertiary/aromatic N) is 12. The molecule has 119 heavy (non-hydrogen) atoms. The first-order valence-electron chi connectivity index (χ1n) is 40.3. The molecule has 0 aliphatic rings. The topological polar surface area (TPSA) is 123 Å². The van der Waals surface area contributed by atoms with Gasteiger partial charge in [0, 0.05) is 125 Å². The van der Waals surface area contributed by atoms with E-state index in [0.29, 0.717) is 11.8 Å². The minimum Gasteiger partial charge on any atom is -0.316 e. The van der Waals surface area contributed by atoms with Crippen LogP contribution in [0.25, 0.3) is 114 Å². The summed E-state index contributed by atoms with van der Waals surface area (Å²) in [5.74, 6) is 7.45. The van der Waals surface area contributed by atoms with Crippen LogP contribution in [0.3, 0.4) is 0 Å². The molecule has 16 aromatic rings. The van der Waals surface area contributed by atoms with Crippen LogP contribution in [0.2, 0.25) is 0 Å². The van der Waals surface area contributed by atoms with Crippen LogP contribution in [0.5, 0.6) is 0 Å². The van der Waals surface area contributed by atoms with Crippen molar-refractivity contribution < 1.29 is 80.4 Å². The number of hydrogen-bond donors (Lipinski definition) is 0. The van der Waals surface area contributed by atoms with E-state index >= 15 is 0 Å². The van der Waals surface area contributed by atoms with Gasteiger partial charge in [-0.2, -0.15) is 20.4 Å². The fourth-order valence-electron chi connectivity index (χ4n) is 14.6. The van der Waals surface area contributed by atoms with Crippen LogP contribution >= 0.6 is 0 Å². The third-order valence-electron chi connectivity index (χ3n) is 20.9. The first kappa shape index (κ1) is 92.7. The Labute approximate surface area is 758 Å². The van der Waals surface area contributed by atoms with Crippen molar-refractivity contribution in [1.29, 1.82) is 0 Å². The molecular weight excluding hydrogens is 2170 g/mol. The van der Waals surface area contributed by atoms with E-state index in [1.807, 2.05) is 103 Å². The minimum atomic E-state index is 0. The van der Waals surface area contributed by atoms with Gasteiger partial charge in [0.25, 0.3) is 0 Å². The molecule has 4 heterocycles. The van der Waals surface area contributed by atoms with E-state index in [4.69, 9.17) is 5.10 Å². The molecule has 614 valence electrons. The first-order valence-corrected chi connectivity index (χ1v) is 40.3. The van der Waals surface area contributed by atoms with Crippen molar-refractivity contribution in [2.45, 2.75) is 153 Å². The maximum atomic E-state index is 4.69. The predicted molar refractivity (Wildman–Crippen MR) is 472 cm³/mol. The van der Waals surface area contributed by atoms with Gasteiger partial charge in [0.15, 0.2) is 23.3 Å². The Morgan fingerprint density at radius 1 is 0.319 bits per heavy atom. The zero-order valence-electron chi connectivity index (χ0n) is 70.2. The number of para-hydroxylation sites is 2. The van der Waals surface area contributed by atoms with Crippen molar-refractivity contribution in [1.82, 2.24) is 59.1 Å². The fourth-order valence-corrected chi connectivity index (χ4v) is 14.6. The molecule has 0 atom stereocenters. The van der Waals surface area contributed by atoms with E-state index in [2.05, 4.69) is 351 Å². The normalized spacial score (nSPS) is 10.9. The van der Waals surface area contributed by atoms with Crippen LogP contribution in [0.1, 0.15) is 156 Å². The summed E-state index contributed by atoms with van der Waals surface area (Å²) < 4.78 is 8.75. The standard InChI is InChI=1S/C27H28N3.C26H26N3.2C25H24N3.4Ir/c1-18(2)22-16-11-17-23(19(3)4)25(22)30-26(21-13-7-6-8-14-21)28-29-27(30)24-15-10-9-12-20(24)5;1-3-4-6-14-21-15-10-12-19-24(21)29-25(22-16-7-5-8-17-22)27-28-26(29)23-18-11-9-13-20(23)2;1-18-10-8-9-13-22(18)24-27-26-23(19-11-6-5-7-12-19)28(24)21-16-14-20(15-17-21)25(2,3)4;1-4-19-15-20(5-2)17-22(16-19)28-24(21-12-7-6-8-13-21)26-27-25(28)23-14-10-9-11-18(23)3;;;;/h6-13,15-19H,1-5H3;5,7-13,15-16,18-19H,3-4,6,14H2,1-2H3;5-11,13-17H,1-4H3;6-12,14-17H,4-5H2,1-3H3;;;;/q4*-1;;;;. The molecule has 0 unspecified atom stereocenters. The average Bonchev–Trinajstić information content (AvgIpc) is 1.68. The van der Waals surface area contributed by atoms with Gasteiger partial charge in [0.1, 0.15) is 0 Å². The van der Waals surface area contributed by atoms with Gasteiger partial charge in [-0.15, -0.1) is 164 Å². The second kappa shape index (κ2) is 43.7. The Morgan fingerprint density at radius 2 is 0.647 bits per heavy atom. The van der Waals surface area contributed by atoms with E-state index in [9.17, 15) is 0 Å². The van der Waals surface area contributed by atoms with E-state index in [1.54, 1.807) is 0 Å². The van der Waals surface area contributed by atoms with Crippen molar-refractivity contribution in [2.75, 3.05) is 0 Å². The molecule has 4 radical (unpaired) electrons. The molecule has 4 aromatic heterocycles. The van der Waals surface area contributed by atoms with Crippen LogP contribution in [-0.2, 0) is 105 Å². The number of hydrogen-bond acceptors (Lipinski definition) is 8. The molecule has 0 aliphatic heterocycles. The van der Waals surface area contributed by atoms with Crippen LogP contribution in [0, 0.1) is 52.0 Å². The van der Waals surface area contributed by atoms with Gasteiger partial charge in [-0.3, -0.25) is 0 Å². The zero-order valence-corrected chi connectivity index (χ0v) is 79.7. The third kappa shape index (κ3) is 21.7. The summed E-state index contributed by atoms with van der Waals surface area (Å²) in [5, 5.41) is 36.9. The molecule has 12 aromatic carbocycles. The Kier molecular flexibility index (Phi) is 34.0. The zero-order chi connectivity index (χ0) is 80.5. The maximum Gasteiger partial charge on any atom is 0.159 e. The maximum absolute atomic E-state index is 4.69. The SMILES string of the molecule is CCCCCc1ccccc1-n1c(-c2[c-]cccc2)nnc1-c1ccccc1C.CCc1cc(CC)cc(-n2c(-c3[c-]cccc3)nnc2-c2ccccc2C)c1.Cc1ccccc1-c1nnc(-c2[c-]cccc2)n1-c1c(C(C)C)cccc1C(C)C.Cc1ccccc1-c1nnc(-c2[c-]cccc2)n1-c1ccc(C(C)(C)C)cc1.[Ir].[Ir].[Ir].[Ir]. The van der Waals surface area contributed by atoms with Crippen molar-refractivity contribution >= 4 is 0 Å². The summed E-state index contributed by atoms with van der Waals surface area (Å²) in [6, 6.07) is 109. The van der Waals surface area contributed by atoms with Crippen molar-refractivity contribution in [3.8, 4) is 114 Å². The van der Waals surface area contributed by atoms with E-state index in [1.165, 1.54) is 80.6 Å². The predicted octanol–water partition coefficient (Wildman–Crippen LogP) is 25.2. The Hall–Kier alpha value is -10.2. The number of rotatable bonds is 20. The second-order valence-corrected chi connectivity index (χ2v) is 30.8. The summed E-state index contributed by atoms with van der Waals surface area (Å²) in [7, 11) is 0. The van der Waals surface area contributed by atoms with E-state index < -0.39 is 0 Å². The molecular formula is C103H102Ir4N12-4. The molecule has 0 saturated carbocycles. The Bertz CT molecular complexity index is 5840. The minimum absolute atomic E-state index is 0. The number of unbranched alkanes of at least 4 members (excludes halogenated alkanes) is 2. The van der Waals surface area contributed by atoms with Gasteiger partial charge in [0.2, 0.25) is 0 Å². The van der Waals surface area contributed by atoms with Gasteiger partial charge < -0.3 is 18.3 Å². The van der Waals surface area contributed by atoms with Crippen LogP contribution in [-0.4, -0.2) is 59.1 Å². The summed E-state index contributed by atoms with van der Waals surface area (Å²) >= 11 is 0. The largest absolute Gasteiger partial charge is 0.316 e. The molecule has 16 heteroatoms. The molecule has 0 aliphatic carbocycles. The van der Waals surface area contributed by atoms with Crippen molar-refractivity contribution in [3.63, 3.8) is 0 Å². The van der Waals surface area contributed by atoms with Crippen molar-refractivity contribution in [2.24, 2.45) is 0 Å². The van der Waals surface area contributed by atoms with Crippen molar-refractivity contribution in [3.05, 3.63) is 359 Å². The Morgan fingerprint density at radius 3 is 1.00 bits per heavy atom. The van der Waals surface area contributed by atoms with Gasteiger partial charge in [-0.1, -0.05) is 234 Å². The molecule has 0 spiro atoms. The summed E-state index contributed by atoms with van der Waals surface area (Å²) in [4.78, 5) is 0. The smallest absolute Gasteiger partial charge is 0.159 e. The number of benzene rings is 12. The molecule has 0 N–H and O–H groups in total. The van der Waals surface area contributed by atoms with E-state index in [0.717, 1.165) is 127 Å². The summed E-state index contributed by atoms with van der Waals surface area (Å²) in [6.45, 7) is 30.7. The molecule has 0 bridgehead atoms. The van der Waals surface area contributed by atoms with Crippen LogP contribution < -0.4 is 0 Å². The first-order chi connectivity index (χ1) is 55.9. The average molecular weight is 2280 g/mol. The summed E-state index contributed by atoms with van der Waals surface area (Å²) in [6.07, 6.45) is 6.67. The van der Waals surface area contributed by atoms with Crippen LogP contribution in [0.4, 0.5) is 0 Å². The molecule has 16 rings (SSSR count). The number of aryl methyl sites for hydroxylation is 7. The summed E-state index contributed by atoms with van der Waals surface area (Å²) in [5.41, 5.74) is 25.3. The second-order valence-electron chi connectivity index (χ2n) is 30.8. The fraction of sp³-hybridized carbons (Fsp3) is 0.223. The van der Waals surface area contributed by atoms with Gasteiger partial charge in [0.05, 0.1) is 23.3 Å². The quantitative estimate of drug-likeness (QED) is 0.0546. The monoisotopic (exact) mass is 2280 g/mol. The van der Waals surface area contributed by atoms with Crippen LogP contribution in [0.15, 0.2) is 279 Å². The Balaban J connectivity index is 0.000000179. The van der Waals surface area contributed by atoms with Gasteiger partial charge in [-0.25, -0.2) is 0 Å². The van der Waals surface area contributed by atoms with Gasteiger partial charge in [-0.05, 0) is 157 Å². The molecule has 12 nitrogen and oxygen atoms in total. The third-order valence-corrected chi connectivity index (χ3v) is 20.9. The number of aromatic nitrogens is 12. The molecule has 0 saturated heterocycles. The van der Waals surface area contributed by atoms with E-state index in [-0.39, 0.29) is 85.8 Å².